The van der Waals surface area contributed by atoms with E-state index in [1.807, 2.05) is 16.8 Å². The van der Waals surface area contributed by atoms with E-state index in [2.05, 4.69) is 43.0 Å². The van der Waals surface area contributed by atoms with E-state index in [0.717, 1.165) is 5.82 Å². The van der Waals surface area contributed by atoms with E-state index in [1.165, 1.54) is 11.1 Å². The number of aliphatic hydroxyl groups is 1. The van der Waals surface area contributed by atoms with E-state index < -0.39 is 6.10 Å². The Kier molecular flexibility index (Phi) is 4.32. The molecule has 1 aromatic heterocycles. The third kappa shape index (κ3) is 3.41. The highest BCUT2D eigenvalue weighted by Gasteiger charge is 2.14. The van der Waals surface area contributed by atoms with Crippen LogP contribution in [-0.2, 0) is 12.8 Å². The molecule has 1 unspecified atom stereocenters. The molecule has 4 nitrogen and oxygen atoms in total. The Morgan fingerprint density at radius 1 is 1.21 bits per heavy atom. The molecule has 2 aromatic rings. The molecular weight excluding hydrogens is 238 g/mol. The molecule has 1 atom stereocenters. The average molecular weight is 259 g/mol. The summed E-state index contributed by atoms with van der Waals surface area (Å²) in [7, 11) is 0. The summed E-state index contributed by atoms with van der Waals surface area (Å²) in [5, 5.41) is 14.4. The minimum atomic E-state index is -0.428. The summed E-state index contributed by atoms with van der Waals surface area (Å²) < 4.78 is 1.86. The van der Waals surface area contributed by atoms with Gasteiger partial charge in [-0.2, -0.15) is 5.10 Å². The molecule has 4 heteroatoms. The van der Waals surface area contributed by atoms with Crippen LogP contribution in [0.4, 0.5) is 0 Å². The number of rotatable bonds is 5. The van der Waals surface area contributed by atoms with Crippen molar-refractivity contribution >= 4 is 0 Å². The van der Waals surface area contributed by atoms with Crippen LogP contribution >= 0.6 is 0 Å². The molecule has 0 aliphatic rings. The monoisotopic (exact) mass is 259 g/mol. The van der Waals surface area contributed by atoms with Gasteiger partial charge >= 0.3 is 0 Å². The Morgan fingerprint density at radius 2 is 1.95 bits per heavy atom. The minimum Gasteiger partial charge on any atom is -0.392 e. The second-order valence-electron chi connectivity index (χ2n) is 5.20. The van der Waals surface area contributed by atoms with Gasteiger partial charge in [-0.05, 0) is 38.3 Å². The molecule has 0 aliphatic carbocycles. The summed E-state index contributed by atoms with van der Waals surface area (Å²) >= 11 is 0. The number of aryl methyl sites for hydroxylation is 1. The third-order valence-corrected chi connectivity index (χ3v) is 3.27. The molecule has 1 aromatic carbocycles. The fraction of sp³-hybridized carbons (Fsp3) is 0.467. The first-order chi connectivity index (χ1) is 9.08. The molecule has 2 rings (SSSR count). The Balaban J connectivity index is 2.03. The van der Waals surface area contributed by atoms with Crippen molar-refractivity contribution in [3.63, 3.8) is 0 Å². The van der Waals surface area contributed by atoms with Crippen molar-refractivity contribution in [2.75, 3.05) is 0 Å². The number of hydrogen-bond donors (Lipinski definition) is 1. The summed E-state index contributed by atoms with van der Waals surface area (Å²) in [5.41, 5.74) is 2.40. The zero-order chi connectivity index (χ0) is 13.8. The molecule has 0 spiro atoms. The van der Waals surface area contributed by atoms with E-state index in [4.69, 9.17) is 0 Å². The summed E-state index contributed by atoms with van der Waals surface area (Å²) in [6, 6.07) is 8.42. The number of nitrogens with zero attached hydrogens (tertiary/aromatic N) is 3. The van der Waals surface area contributed by atoms with Crippen LogP contribution in [0.3, 0.4) is 0 Å². The lowest BCUT2D eigenvalue weighted by Gasteiger charge is -2.14. The maximum absolute atomic E-state index is 10.2. The maximum Gasteiger partial charge on any atom is 0.138 e. The van der Waals surface area contributed by atoms with Gasteiger partial charge in [-0.25, -0.2) is 9.67 Å². The number of aromatic nitrogens is 3. The van der Waals surface area contributed by atoms with Crippen molar-refractivity contribution in [1.82, 2.24) is 14.8 Å². The van der Waals surface area contributed by atoms with Gasteiger partial charge in [0.1, 0.15) is 12.2 Å². The lowest BCUT2D eigenvalue weighted by atomic mass is 10.0. The predicted octanol–water partition coefficient (Wildman–Crippen LogP) is 2.31. The molecule has 0 aliphatic heterocycles. The second kappa shape index (κ2) is 5.97. The summed E-state index contributed by atoms with van der Waals surface area (Å²) in [4.78, 5) is 4.23. The van der Waals surface area contributed by atoms with Crippen molar-refractivity contribution in [3.05, 3.63) is 47.5 Å². The highest BCUT2D eigenvalue weighted by Crippen LogP contribution is 2.13. The Bertz CT molecular complexity index is 534. The smallest absolute Gasteiger partial charge is 0.138 e. The first kappa shape index (κ1) is 13.7. The predicted molar refractivity (Wildman–Crippen MR) is 75.0 cm³/mol. The van der Waals surface area contributed by atoms with Gasteiger partial charge in [-0.15, -0.1) is 0 Å². The van der Waals surface area contributed by atoms with Crippen LogP contribution in [0.2, 0.25) is 0 Å². The van der Waals surface area contributed by atoms with Crippen molar-refractivity contribution < 1.29 is 5.11 Å². The minimum absolute atomic E-state index is 0.267. The molecule has 0 fully saturated rings. The zero-order valence-corrected chi connectivity index (χ0v) is 11.7. The molecule has 102 valence electrons. The van der Waals surface area contributed by atoms with Gasteiger partial charge in [0.15, 0.2) is 0 Å². The van der Waals surface area contributed by atoms with Crippen LogP contribution in [0, 0.1) is 6.92 Å². The van der Waals surface area contributed by atoms with Gasteiger partial charge in [0, 0.05) is 12.5 Å². The van der Waals surface area contributed by atoms with Crippen molar-refractivity contribution in [1.29, 1.82) is 0 Å². The average Bonchev–Trinajstić information content (AvgIpc) is 2.80. The number of aliphatic hydroxyl groups excluding tert-OH is 1. The summed E-state index contributed by atoms with van der Waals surface area (Å²) in [5.74, 6) is 0.844. The molecule has 0 saturated heterocycles. The summed E-state index contributed by atoms with van der Waals surface area (Å²) in [6.45, 7) is 6.19. The largest absolute Gasteiger partial charge is 0.392 e. The van der Waals surface area contributed by atoms with E-state index in [-0.39, 0.29) is 6.04 Å². The van der Waals surface area contributed by atoms with Gasteiger partial charge < -0.3 is 5.11 Å². The Labute approximate surface area is 114 Å². The zero-order valence-electron chi connectivity index (χ0n) is 11.7. The first-order valence-corrected chi connectivity index (χ1v) is 6.69. The summed E-state index contributed by atoms with van der Waals surface area (Å²) in [6.07, 6.45) is 2.31. The van der Waals surface area contributed by atoms with Crippen molar-refractivity contribution in [2.24, 2.45) is 0 Å². The quantitative estimate of drug-likeness (QED) is 0.896. The lowest BCUT2D eigenvalue weighted by Crippen LogP contribution is -2.19. The van der Waals surface area contributed by atoms with E-state index in [0.29, 0.717) is 12.8 Å². The SMILES string of the molecule is Cc1ccccc1CC(O)Cc1ncnn1C(C)C. The molecule has 1 heterocycles. The standard InChI is InChI=1S/C15H21N3O/c1-11(2)18-15(16-10-17-18)9-14(19)8-13-7-5-4-6-12(13)3/h4-7,10-11,14,19H,8-9H2,1-3H3. The molecule has 0 radical (unpaired) electrons. The van der Waals surface area contributed by atoms with Crippen molar-refractivity contribution in [3.8, 4) is 0 Å². The van der Waals surface area contributed by atoms with Gasteiger partial charge in [0.25, 0.3) is 0 Å². The Hall–Kier alpha value is -1.68. The molecule has 0 bridgehead atoms. The highest BCUT2D eigenvalue weighted by atomic mass is 16.3. The lowest BCUT2D eigenvalue weighted by molar-refractivity contribution is 0.170. The molecular formula is C15H21N3O. The van der Waals surface area contributed by atoms with Crippen LogP contribution in [0.1, 0.15) is 36.8 Å². The van der Waals surface area contributed by atoms with Crippen molar-refractivity contribution in [2.45, 2.75) is 45.8 Å². The van der Waals surface area contributed by atoms with Gasteiger partial charge in [0.2, 0.25) is 0 Å². The highest BCUT2D eigenvalue weighted by molar-refractivity contribution is 5.26. The second-order valence-corrected chi connectivity index (χ2v) is 5.20. The van der Waals surface area contributed by atoms with E-state index in [9.17, 15) is 5.11 Å². The third-order valence-electron chi connectivity index (χ3n) is 3.27. The maximum atomic E-state index is 10.2. The fourth-order valence-electron chi connectivity index (χ4n) is 2.23. The van der Waals surface area contributed by atoms with Crippen LogP contribution in [0.15, 0.2) is 30.6 Å². The van der Waals surface area contributed by atoms with Crippen LogP contribution in [0.5, 0.6) is 0 Å². The van der Waals surface area contributed by atoms with E-state index >= 15 is 0 Å². The van der Waals surface area contributed by atoms with Crippen LogP contribution < -0.4 is 0 Å². The number of benzene rings is 1. The normalized spacial score (nSPS) is 12.9. The van der Waals surface area contributed by atoms with E-state index in [1.54, 1.807) is 6.33 Å². The van der Waals surface area contributed by atoms with Crippen LogP contribution in [0.25, 0.3) is 0 Å². The fourth-order valence-corrected chi connectivity index (χ4v) is 2.23. The molecule has 19 heavy (non-hydrogen) atoms. The van der Waals surface area contributed by atoms with Gasteiger partial charge in [0.05, 0.1) is 6.10 Å². The van der Waals surface area contributed by atoms with Crippen LogP contribution in [-0.4, -0.2) is 26.0 Å². The number of hydrogen-bond acceptors (Lipinski definition) is 3. The molecule has 0 saturated carbocycles. The molecule has 0 amide bonds. The van der Waals surface area contributed by atoms with Gasteiger partial charge in [-0.3, -0.25) is 0 Å². The first-order valence-electron chi connectivity index (χ1n) is 6.69. The molecule has 1 N–H and O–H groups in total. The van der Waals surface area contributed by atoms with Gasteiger partial charge in [-0.1, -0.05) is 24.3 Å². The Morgan fingerprint density at radius 3 is 2.63 bits per heavy atom. The topological polar surface area (TPSA) is 50.9 Å².